The fraction of sp³-hybridized carbons (Fsp3) is 0.481. The minimum absolute atomic E-state index is 0.109. The zero-order valence-corrected chi connectivity index (χ0v) is 19.4. The van der Waals surface area contributed by atoms with Crippen LogP contribution in [0.4, 0.5) is 10.5 Å². The third-order valence-electron chi connectivity index (χ3n) is 7.89. The van der Waals surface area contributed by atoms with E-state index in [-0.39, 0.29) is 17.0 Å². The van der Waals surface area contributed by atoms with Gasteiger partial charge in [0.25, 0.3) is 0 Å². The first-order valence-corrected chi connectivity index (χ1v) is 11.8. The monoisotopic (exact) mass is 430 g/mol. The molecule has 5 heteroatoms. The van der Waals surface area contributed by atoms with Crippen LogP contribution in [0.25, 0.3) is 0 Å². The van der Waals surface area contributed by atoms with Crippen molar-refractivity contribution in [3.05, 3.63) is 65.2 Å². The Morgan fingerprint density at radius 3 is 2.28 bits per heavy atom. The lowest BCUT2D eigenvalue weighted by atomic mass is 9.45. The number of nitrogens with zero attached hydrogens (tertiary/aromatic N) is 2. The molecule has 2 unspecified atom stereocenters. The predicted octanol–water partition coefficient (Wildman–Crippen LogP) is 4.98. The highest BCUT2D eigenvalue weighted by molar-refractivity contribution is 5.82. The van der Waals surface area contributed by atoms with Gasteiger partial charge >= 0.3 is 6.03 Å². The Kier molecular flexibility index (Phi) is 5.23. The molecule has 2 N–H and O–H groups in total. The molecule has 4 aliphatic carbocycles. The van der Waals surface area contributed by atoms with Gasteiger partial charge in [0, 0.05) is 25.3 Å². The summed E-state index contributed by atoms with van der Waals surface area (Å²) in [6.07, 6.45) is 8.78. The summed E-state index contributed by atoms with van der Waals surface area (Å²) in [5.41, 5.74) is 7.68. The highest BCUT2D eigenvalue weighted by atomic mass is 16.2. The molecule has 168 valence electrons. The van der Waals surface area contributed by atoms with E-state index in [1.807, 2.05) is 38.4 Å². The minimum atomic E-state index is -0.188. The number of benzene rings is 2. The van der Waals surface area contributed by atoms with E-state index in [1.165, 1.54) is 30.4 Å². The summed E-state index contributed by atoms with van der Waals surface area (Å²) in [6.45, 7) is 2.15. The van der Waals surface area contributed by atoms with E-state index in [1.54, 1.807) is 6.21 Å². The van der Waals surface area contributed by atoms with Crippen molar-refractivity contribution in [2.75, 3.05) is 19.0 Å². The third kappa shape index (κ3) is 4.01. The highest BCUT2D eigenvalue weighted by Crippen LogP contribution is 2.62. The quantitative estimate of drug-likeness (QED) is 0.519. The van der Waals surface area contributed by atoms with E-state index in [4.69, 9.17) is 0 Å². The van der Waals surface area contributed by atoms with Crippen molar-refractivity contribution in [1.29, 1.82) is 0 Å². The molecule has 0 radical (unpaired) electrons. The van der Waals surface area contributed by atoms with Crippen molar-refractivity contribution >= 4 is 17.9 Å². The average Bonchev–Trinajstić information content (AvgIpc) is 2.73. The van der Waals surface area contributed by atoms with Gasteiger partial charge in [0.1, 0.15) is 0 Å². The van der Waals surface area contributed by atoms with Crippen molar-refractivity contribution in [2.45, 2.75) is 56.4 Å². The molecule has 4 saturated carbocycles. The van der Waals surface area contributed by atoms with Gasteiger partial charge in [-0.3, -0.25) is 0 Å². The van der Waals surface area contributed by atoms with Crippen LogP contribution in [0.15, 0.2) is 53.6 Å². The summed E-state index contributed by atoms with van der Waals surface area (Å²) in [5, 5.41) is 7.57. The molecule has 0 spiro atoms. The summed E-state index contributed by atoms with van der Waals surface area (Å²) >= 11 is 0. The number of rotatable bonds is 5. The van der Waals surface area contributed by atoms with Gasteiger partial charge in [-0.2, -0.15) is 5.10 Å². The molecule has 5 nitrogen and oxygen atoms in total. The van der Waals surface area contributed by atoms with Crippen molar-refractivity contribution in [2.24, 2.45) is 16.9 Å². The molecule has 4 aliphatic rings. The number of hydrogen-bond acceptors (Lipinski definition) is 3. The standard InChI is InChI=1S/C27H34N4O/c1-19-4-8-23(9-5-19)26-13-21-12-22(14-26)16-27(15-21,18-26)29-25(32)30-28-17-20-6-10-24(11-7-20)31(2)3/h4-11,17,21-22H,12-16,18H2,1-3H3,(H2,29,30,32). The summed E-state index contributed by atoms with van der Waals surface area (Å²) in [5.74, 6) is 1.41. The maximum absolute atomic E-state index is 12.8. The molecule has 2 aromatic rings. The number of carbonyl (C=O) groups excluding carboxylic acids is 1. The van der Waals surface area contributed by atoms with Crippen LogP contribution in [0.1, 0.15) is 55.2 Å². The third-order valence-corrected chi connectivity index (χ3v) is 7.89. The van der Waals surface area contributed by atoms with Crippen molar-refractivity contribution in [3.8, 4) is 0 Å². The summed E-state index contributed by atoms with van der Waals surface area (Å²) in [4.78, 5) is 14.9. The van der Waals surface area contributed by atoms with Crippen LogP contribution < -0.4 is 15.6 Å². The second kappa shape index (κ2) is 7.95. The number of carbonyl (C=O) groups is 1. The number of amides is 2. The van der Waals surface area contributed by atoms with E-state index in [9.17, 15) is 4.79 Å². The molecule has 0 aliphatic heterocycles. The number of urea groups is 1. The van der Waals surface area contributed by atoms with Crippen LogP contribution in [0.3, 0.4) is 0 Å². The normalized spacial score (nSPS) is 30.5. The van der Waals surface area contributed by atoms with Crippen LogP contribution in [0.5, 0.6) is 0 Å². The maximum Gasteiger partial charge on any atom is 0.335 e. The largest absolute Gasteiger partial charge is 0.378 e. The summed E-state index contributed by atoms with van der Waals surface area (Å²) in [6, 6.07) is 17.0. The van der Waals surface area contributed by atoms with Crippen LogP contribution in [0.2, 0.25) is 0 Å². The average molecular weight is 431 g/mol. The lowest BCUT2D eigenvalue weighted by molar-refractivity contribution is -0.0349. The SMILES string of the molecule is Cc1ccc(C23CC4CC(CC(NC(=O)NN=Cc5ccc(N(C)C)cc5)(C4)C2)C3)cc1. The first kappa shape index (κ1) is 21.0. The van der Waals surface area contributed by atoms with Crippen LogP contribution in [-0.2, 0) is 5.41 Å². The molecule has 0 heterocycles. The number of aryl methyl sites for hydroxylation is 1. The number of hydrogen-bond donors (Lipinski definition) is 2. The van der Waals surface area contributed by atoms with E-state index >= 15 is 0 Å². The lowest BCUT2D eigenvalue weighted by Gasteiger charge is -2.62. The molecule has 2 atom stereocenters. The number of anilines is 1. The Hall–Kier alpha value is -2.82. The van der Waals surface area contributed by atoms with E-state index in [0.717, 1.165) is 30.5 Å². The van der Waals surface area contributed by atoms with Gasteiger partial charge in [0.15, 0.2) is 0 Å². The molecule has 6 rings (SSSR count). The Morgan fingerprint density at radius 1 is 1.00 bits per heavy atom. The van der Waals surface area contributed by atoms with Gasteiger partial charge < -0.3 is 10.2 Å². The topological polar surface area (TPSA) is 56.7 Å². The zero-order valence-electron chi connectivity index (χ0n) is 19.4. The highest BCUT2D eigenvalue weighted by Gasteiger charge is 2.58. The summed E-state index contributed by atoms with van der Waals surface area (Å²) in [7, 11) is 4.03. The Bertz CT molecular complexity index is 995. The van der Waals surface area contributed by atoms with Crippen molar-refractivity contribution in [1.82, 2.24) is 10.7 Å². The Balaban J connectivity index is 1.26. The van der Waals surface area contributed by atoms with Crippen LogP contribution in [0, 0.1) is 18.8 Å². The fourth-order valence-corrected chi connectivity index (χ4v) is 6.95. The summed E-state index contributed by atoms with van der Waals surface area (Å²) < 4.78 is 0. The zero-order chi connectivity index (χ0) is 22.3. The van der Waals surface area contributed by atoms with E-state index in [0.29, 0.717) is 11.8 Å². The second-order valence-electron chi connectivity index (χ2n) is 10.7. The van der Waals surface area contributed by atoms with Gasteiger partial charge in [-0.25, -0.2) is 10.2 Å². The second-order valence-corrected chi connectivity index (χ2v) is 10.7. The van der Waals surface area contributed by atoms with Crippen LogP contribution >= 0.6 is 0 Å². The van der Waals surface area contributed by atoms with Gasteiger partial charge in [0.2, 0.25) is 0 Å². The number of nitrogens with one attached hydrogen (secondary N) is 2. The molecule has 0 saturated heterocycles. The predicted molar refractivity (Wildman–Crippen MR) is 130 cm³/mol. The Morgan fingerprint density at radius 2 is 1.66 bits per heavy atom. The smallest absolute Gasteiger partial charge is 0.335 e. The van der Waals surface area contributed by atoms with Gasteiger partial charge in [0.05, 0.1) is 6.21 Å². The Labute approximate surface area is 191 Å². The molecular weight excluding hydrogens is 396 g/mol. The molecule has 0 aromatic heterocycles. The minimum Gasteiger partial charge on any atom is -0.378 e. The lowest BCUT2D eigenvalue weighted by Crippen LogP contribution is -2.65. The van der Waals surface area contributed by atoms with Crippen molar-refractivity contribution < 1.29 is 4.79 Å². The van der Waals surface area contributed by atoms with Crippen LogP contribution in [-0.4, -0.2) is 31.9 Å². The van der Waals surface area contributed by atoms with Gasteiger partial charge in [-0.15, -0.1) is 0 Å². The van der Waals surface area contributed by atoms with Crippen molar-refractivity contribution in [3.63, 3.8) is 0 Å². The number of hydrazone groups is 1. The fourth-order valence-electron chi connectivity index (χ4n) is 6.95. The molecule has 2 amide bonds. The molecule has 2 aromatic carbocycles. The molecular formula is C27H34N4O. The van der Waals surface area contributed by atoms with E-state index in [2.05, 4.69) is 51.9 Å². The first-order chi connectivity index (χ1) is 15.3. The molecule has 4 fully saturated rings. The molecule has 32 heavy (non-hydrogen) atoms. The van der Waals surface area contributed by atoms with Gasteiger partial charge in [-0.05, 0) is 86.0 Å². The van der Waals surface area contributed by atoms with E-state index < -0.39 is 0 Å². The first-order valence-electron chi connectivity index (χ1n) is 11.8. The van der Waals surface area contributed by atoms with Gasteiger partial charge in [-0.1, -0.05) is 42.0 Å². The maximum atomic E-state index is 12.8. The molecule has 4 bridgehead atoms.